The second-order valence-electron chi connectivity index (χ2n) is 7.68. The summed E-state index contributed by atoms with van der Waals surface area (Å²) < 4.78 is 21.0. The third-order valence-electron chi connectivity index (χ3n) is 4.38. The third-order valence-corrected chi connectivity index (χ3v) is 4.38. The van der Waals surface area contributed by atoms with Crippen molar-refractivity contribution < 1.29 is 33.3 Å². The first-order valence-electron chi connectivity index (χ1n) is 9.79. The van der Waals surface area contributed by atoms with Crippen molar-refractivity contribution in [3.63, 3.8) is 0 Å². The second-order valence-corrected chi connectivity index (χ2v) is 7.68. The molecule has 2 N–H and O–H groups in total. The average Bonchev–Trinajstić information content (AvgIpc) is 2.68. The Morgan fingerprint density at radius 2 is 1.57 bits per heavy atom. The highest BCUT2D eigenvalue weighted by Gasteiger charge is 2.53. The van der Waals surface area contributed by atoms with Crippen molar-refractivity contribution in [2.24, 2.45) is 5.73 Å². The van der Waals surface area contributed by atoms with E-state index in [0.717, 1.165) is 0 Å². The van der Waals surface area contributed by atoms with Crippen LogP contribution < -0.4 is 5.73 Å². The van der Waals surface area contributed by atoms with E-state index in [2.05, 4.69) is 4.98 Å². The lowest BCUT2D eigenvalue weighted by Gasteiger charge is -2.34. The minimum Gasteiger partial charge on any atom is -0.465 e. The number of carbonyl (C=O) groups excluding carboxylic acids is 3. The normalized spacial score (nSPS) is 13.8. The van der Waals surface area contributed by atoms with Crippen LogP contribution in [0.25, 0.3) is 0 Å². The molecule has 0 aliphatic heterocycles. The summed E-state index contributed by atoms with van der Waals surface area (Å²) in [6, 6.07) is 3.15. The summed E-state index contributed by atoms with van der Waals surface area (Å²) in [7, 11) is 1.25. The number of carbonyl (C=O) groups is 3. The van der Waals surface area contributed by atoms with Gasteiger partial charge in [-0.2, -0.15) is 0 Å². The fourth-order valence-electron chi connectivity index (χ4n) is 2.82. The Labute approximate surface area is 177 Å². The Balaban J connectivity index is 3.42. The molecule has 0 saturated heterocycles. The predicted octanol–water partition coefficient (Wildman–Crippen LogP) is 1.87. The summed E-state index contributed by atoms with van der Waals surface area (Å²) >= 11 is 0. The SMILES string of the molecule is CCOC(=O)C(CCC(N)(OC)C(=O)OC(C)(C)C)(C(=O)OCC)c1cccnc1. The Morgan fingerprint density at radius 1 is 1.00 bits per heavy atom. The summed E-state index contributed by atoms with van der Waals surface area (Å²) in [5.74, 6) is -2.46. The van der Waals surface area contributed by atoms with E-state index in [9.17, 15) is 14.4 Å². The molecule has 0 fully saturated rings. The largest absolute Gasteiger partial charge is 0.465 e. The molecule has 0 radical (unpaired) electrons. The zero-order valence-electron chi connectivity index (χ0n) is 18.5. The van der Waals surface area contributed by atoms with Gasteiger partial charge in [-0.3, -0.25) is 20.3 Å². The highest BCUT2D eigenvalue weighted by Crippen LogP contribution is 2.35. The maximum Gasteiger partial charge on any atom is 0.354 e. The van der Waals surface area contributed by atoms with Crippen LogP contribution in [0.4, 0.5) is 0 Å². The third kappa shape index (κ3) is 5.99. The van der Waals surface area contributed by atoms with E-state index in [1.807, 2.05) is 0 Å². The molecule has 0 aromatic carbocycles. The fourth-order valence-corrected chi connectivity index (χ4v) is 2.82. The van der Waals surface area contributed by atoms with E-state index in [-0.39, 0.29) is 31.6 Å². The summed E-state index contributed by atoms with van der Waals surface area (Å²) in [5, 5.41) is 0. The van der Waals surface area contributed by atoms with E-state index < -0.39 is 34.6 Å². The topological polar surface area (TPSA) is 127 Å². The van der Waals surface area contributed by atoms with Crippen molar-refractivity contribution >= 4 is 17.9 Å². The molecule has 1 heterocycles. The van der Waals surface area contributed by atoms with Gasteiger partial charge in [0.05, 0.1) is 13.2 Å². The fraction of sp³-hybridized carbons (Fsp3) is 0.619. The molecule has 9 heteroatoms. The van der Waals surface area contributed by atoms with E-state index in [0.29, 0.717) is 0 Å². The molecule has 168 valence electrons. The summed E-state index contributed by atoms with van der Waals surface area (Å²) in [5.41, 5.74) is 1.87. The summed E-state index contributed by atoms with van der Waals surface area (Å²) in [4.78, 5) is 42.7. The van der Waals surface area contributed by atoms with Gasteiger partial charge in [-0.25, -0.2) is 4.79 Å². The lowest BCUT2D eigenvalue weighted by molar-refractivity contribution is -0.183. The minimum absolute atomic E-state index is 0.0460. The molecule has 30 heavy (non-hydrogen) atoms. The standard InChI is InChI=1S/C21H32N2O7/c1-7-28-16(24)20(17(25)29-8-2,15-10-9-13-23-14-15)11-12-21(22,27-6)18(26)30-19(3,4)5/h9-10,13-14H,7-8,11-12,22H2,1-6H3. The Morgan fingerprint density at radius 3 is 1.97 bits per heavy atom. The Bertz CT molecular complexity index is 713. The van der Waals surface area contributed by atoms with Gasteiger partial charge in [-0.05, 0) is 52.7 Å². The predicted molar refractivity (Wildman–Crippen MR) is 108 cm³/mol. The van der Waals surface area contributed by atoms with Crippen LogP contribution in [0.5, 0.6) is 0 Å². The number of nitrogens with two attached hydrogens (primary N) is 1. The molecule has 1 rings (SSSR count). The van der Waals surface area contributed by atoms with Crippen molar-refractivity contribution in [3.8, 4) is 0 Å². The summed E-state index contributed by atoms with van der Waals surface area (Å²) in [6.07, 6.45) is 2.45. The Hall–Kier alpha value is -2.52. The van der Waals surface area contributed by atoms with Crippen LogP contribution in [-0.2, 0) is 38.7 Å². The molecule has 0 aliphatic carbocycles. The molecule has 0 aliphatic rings. The maximum atomic E-state index is 13.0. The van der Waals surface area contributed by atoms with Crippen molar-refractivity contribution in [2.45, 2.75) is 64.2 Å². The molecule has 1 atom stereocenters. The molecule has 0 saturated carbocycles. The maximum absolute atomic E-state index is 13.0. The lowest BCUT2D eigenvalue weighted by atomic mass is 9.75. The monoisotopic (exact) mass is 424 g/mol. The minimum atomic E-state index is -1.89. The number of hydrogen-bond acceptors (Lipinski definition) is 9. The van der Waals surface area contributed by atoms with Crippen LogP contribution >= 0.6 is 0 Å². The highest BCUT2D eigenvalue weighted by molar-refractivity contribution is 6.06. The molecule has 0 bridgehead atoms. The quantitative estimate of drug-likeness (QED) is 0.259. The number of pyridine rings is 1. The van der Waals surface area contributed by atoms with Crippen LogP contribution in [0.2, 0.25) is 0 Å². The van der Waals surface area contributed by atoms with Gasteiger partial charge >= 0.3 is 17.9 Å². The molecule has 9 nitrogen and oxygen atoms in total. The van der Waals surface area contributed by atoms with Gasteiger partial charge < -0.3 is 18.9 Å². The Kier molecular flexibility index (Phi) is 8.92. The first-order valence-corrected chi connectivity index (χ1v) is 9.79. The molecule has 0 spiro atoms. The molecular weight excluding hydrogens is 392 g/mol. The van der Waals surface area contributed by atoms with Gasteiger partial charge in [-0.15, -0.1) is 0 Å². The van der Waals surface area contributed by atoms with Gasteiger partial charge in [0.25, 0.3) is 0 Å². The number of esters is 3. The number of aromatic nitrogens is 1. The number of rotatable bonds is 10. The van der Waals surface area contributed by atoms with Crippen LogP contribution in [0.15, 0.2) is 24.5 Å². The van der Waals surface area contributed by atoms with Crippen LogP contribution in [0, 0.1) is 0 Å². The average molecular weight is 424 g/mol. The highest BCUT2D eigenvalue weighted by atomic mass is 16.6. The van der Waals surface area contributed by atoms with E-state index in [1.54, 1.807) is 46.8 Å². The molecular formula is C21H32N2O7. The van der Waals surface area contributed by atoms with Gasteiger partial charge in [0, 0.05) is 25.9 Å². The zero-order chi connectivity index (χ0) is 23.0. The van der Waals surface area contributed by atoms with E-state index in [1.165, 1.54) is 19.5 Å². The molecule has 1 unspecified atom stereocenters. The van der Waals surface area contributed by atoms with E-state index in [4.69, 9.17) is 24.7 Å². The molecule has 1 aromatic rings. The van der Waals surface area contributed by atoms with Gasteiger partial charge in [0.15, 0.2) is 5.41 Å². The number of methoxy groups -OCH3 is 1. The second kappa shape index (κ2) is 10.5. The van der Waals surface area contributed by atoms with Gasteiger partial charge in [-0.1, -0.05) is 6.07 Å². The van der Waals surface area contributed by atoms with Crippen molar-refractivity contribution in [1.82, 2.24) is 4.98 Å². The first kappa shape index (κ1) is 25.5. The first-order chi connectivity index (χ1) is 14.0. The smallest absolute Gasteiger partial charge is 0.354 e. The van der Waals surface area contributed by atoms with Crippen molar-refractivity contribution in [3.05, 3.63) is 30.1 Å². The number of nitrogens with zero attached hydrogens (tertiary/aromatic N) is 1. The van der Waals surface area contributed by atoms with E-state index >= 15 is 0 Å². The lowest BCUT2D eigenvalue weighted by Crippen LogP contribution is -2.55. The van der Waals surface area contributed by atoms with Crippen molar-refractivity contribution in [2.75, 3.05) is 20.3 Å². The van der Waals surface area contributed by atoms with Crippen LogP contribution in [0.3, 0.4) is 0 Å². The van der Waals surface area contributed by atoms with Crippen LogP contribution in [-0.4, -0.2) is 54.5 Å². The molecule has 1 aromatic heterocycles. The van der Waals surface area contributed by atoms with Gasteiger partial charge in [0.1, 0.15) is 5.60 Å². The zero-order valence-corrected chi connectivity index (χ0v) is 18.5. The molecule has 0 amide bonds. The van der Waals surface area contributed by atoms with Crippen LogP contribution in [0.1, 0.15) is 53.0 Å². The van der Waals surface area contributed by atoms with Crippen molar-refractivity contribution in [1.29, 1.82) is 0 Å². The summed E-state index contributed by atoms with van der Waals surface area (Å²) in [6.45, 7) is 8.42. The number of ether oxygens (including phenoxy) is 4. The number of hydrogen-bond donors (Lipinski definition) is 1. The van der Waals surface area contributed by atoms with Gasteiger partial charge in [0.2, 0.25) is 5.72 Å².